The van der Waals surface area contributed by atoms with E-state index in [2.05, 4.69) is 10.6 Å². The summed E-state index contributed by atoms with van der Waals surface area (Å²) in [5, 5.41) is 4.63. The van der Waals surface area contributed by atoms with E-state index in [0.717, 1.165) is 11.1 Å². The molecule has 25 heavy (non-hydrogen) atoms. The highest BCUT2D eigenvalue weighted by Crippen LogP contribution is 2.23. The summed E-state index contributed by atoms with van der Waals surface area (Å²) in [5.74, 6) is -3.67. The summed E-state index contributed by atoms with van der Waals surface area (Å²) in [7, 11) is 0. The number of amides is 3. The Kier molecular flexibility index (Phi) is 4.60. The molecule has 8 heteroatoms. The van der Waals surface area contributed by atoms with E-state index in [0.29, 0.717) is 37.3 Å². The lowest BCUT2D eigenvalue weighted by molar-refractivity contribution is 0.262. The lowest BCUT2D eigenvalue weighted by Crippen LogP contribution is -2.29. The van der Waals surface area contributed by atoms with Crippen LogP contribution in [0.4, 0.5) is 29.3 Å². The van der Waals surface area contributed by atoms with E-state index in [-0.39, 0.29) is 0 Å². The van der Waals surface area contributed by atoms with Crippen molar-refractivity contribution in [3.63, 3.8) is 0 Å². The van der Waals surface area contributed by atoms with Crippen LogP contribution in [0.25, 0.3) is 0 Å². The molecule has 3 rings (SSSR count). The Morgan fingerprint density at radius 3 is 2.52 bits per heavy atom. The monoisotopic (exact) mass is 348 g/mol. The SMILES string of the molecule is O=[C]N1CCc2cc(NC(=O)Nc3cc(F)c(F)cc3F)ccc2C1. The lowest BCUT2D eigenvalue weighted by atomic mass is 9.99. The molecule has 0 fully saturated rings. The van der Waals surface area contributed by atoms with E-state index in [1.165, 1.54) is 4.90 Å². The van der Waals surface area contributed by atoms with Gasteiger partial charge >= 0.3 is 12.4 Å². The molecule has 1 aliphatic heterocycles. The van der Waals surface area contributed by atoms with Crippen molar-refractivity contribution in [1.82, 2.24) is 4.90 Å². The number of urea groups is 1. The quantitative estimate of drug-likeness (QED) is 0.837. The Morgan fingerprint density at radius 1 is 1.00 bits per heavy atom. The van der Waals surface area contributed by atoms with Crippen LogP contribution in [0.15, 0.2) is 30.3 Å². The van der Waals surface area contributed by atoms with Crippen molar-refractivity contribution in [1.29, 1.82) is 0 Å². The summed E-state index contributed by atoms with van der Waals surface area (Å²) in [6.07, 6.45) is 2.47. The maximum atomic E-state index is 13.5. The molecule has 0 spiro atoms. The Hall–Kier alpha value is -3.03. The predicted octanol–water partition coefficient (Wildman–Crippen LogP) is 3.17. The van der Waals surface area contributed by atoms with Crippen LogP contribution >= 0.6 is 0 Å². The van der Waals surface area contributed by atoms with E-state index in [9.17, 15) is 22.8 Å². The number of carbonyl (C=O) groups excluding carboxylic acids is 2. The van der Waals surface area contributed by atoms with E-state index in [1.807, 2.05) is 6.41 Å². The van der Waals surface area contributed by atoms with Gasteiger partial charge in [0.05, 0.1) is 5.69 Å². The van der Waals surface area contributed by atoms with Gasteiger partial charge in [0, 0.05) is 30.9 Å². The molecular weight excluding hydrogens is 335 g/mol. The zero-order valence-corrected chi connectivity index (χ0v) is 12.9. The van der Waals surface area contributed by atoms with Crippen molar-refractivity contribution in [2.24, 2.45) is 0 Å². The minimum Gasteiger partial charge on any atom is -0.330 e. The van der Waals surface area contributed by atoms with Crippen molar-refractivity contribution in [3.8, 4) is 0 Å². The highest BCUT2D eigenvalue weighted by atomic mass is 19.2. The molecule has 0 saturated carbocycles. The maximum Gasteiger partial charge on any atom is 0.323 e. The third kappa shape index (κ3) is 3.73. The van der Waals surface area contributed by atoms with E-state index < -0.39 is 29.2 Å². The summed E-state index contributed by atoms with van der Waals surface area (Å²) >= 11 is 0. The van der Waals surface area contributed by atoms with Crippen LogP contribution in [0.2, 0.25) is 0 Å². The largest absolute Gasteiger partial charge is 0.330 e. The van der Waals surface area contributed by atoms with Gasteiger partial charge in [0.15, 0.2) is 11.6 Å². The second-order valence-electron chi connectivity index (χ2n) is 5.57. The van der Waals surface area contributed by atoms with Gasteiger partial charge in [-0.3, -0.25) is 4.79 Å². The molecule has 2 aromatic rings. The Morgan fingerprint density at radius 2 is 1.76 bits per heavy atom. The van der Waals surface area contributed by atoms with Crippen LogP contribution in [-0.2, 0) is 17.8 Å². The van der Waals surface area contributed by atoms with E-state index in [1.54, 1.807) is 18.2 Å². The van der Waals surface area contributed by atoms with Gasteiger partial charge in [0.2, 0.25) is 0 Å². The molecule has 2 aromatic carbocycles. The number of hydrogen-bond donors (Lipinski definition) is 2. The van der Waals surface area contributed by atoms with Crippen molar-refractivity contribution >= 4 is 23.8 Å². The normalized spacial score (nSPS) is 13.2. The van der Waals surface area contributed by atoms with Crippen LogP contribution in [-0.4, -0.2) is 23.9 Å². The number of rotatable bonds is 3. The Labute approximate surface area is 141 Å². The number of nitrogens with one attached hydrogen (secondary N) is 2. The molecule has 129 valence electrons. The van der Waals surface area contributed by atoms with Crippen LogP contribution in [0.3, 0.4) is 0 Å². The molecule has 1 radical (unpaired) electrons. The molecule has 0 aliphatic carbocycles. The first kappa shape index (κ1) is 16.8. The zero-order chi connectivity index (χ0) is 18.0. The predicted molar refractivity (Wildman–Crippen MR) is 85.2 cm³/mol. The molecule has 0 aromatic heterocycles. The fourth-order valence-electron chi connectivity index (χ4n) is 2.61. The highest BCUT2D eigenvalue weighted by molar-refractivity contribution is 5.99. The molecule has 0 unspecified atom stereocenters. The van der Waals surface area contributed by atoms with Gasteiger partial charge in [-0.25, -0.2) is 18.0 Å². The number of carbonyl (C=O) groups is 1. The first-order valence-corrected chi connectivity index (χ1v) is 7.43. The van der Waals surface area contributed by atoms with E-state index in [4.69, 9.17) is 0 Å². The maximum absolute atomic E-state index is 13.5. The van der Waals surface area contributed by atoms with Crippen molar-refractivity contribution in [3.05, 3.63) is 58.9 Å². The fraction of sp³-hybridized carbons (Fsp3) is 0.176. The lowest BCUT2D eigenvalue weighted by Gasteiger charge is -2.25. The van der Waals surface area contributed by atoms with Crippen molar-refractivity contribution < 1.29 is 22.8 Å². The van der Waals surface area contributed by atoms with Crippen LogP contribution < -0.4 is 10.6 Å². The first-order valence-electron chi connectivity index (χ1n) is 7.43. The minimum atomic E-state index is -1.33. The zero-order valence-electron chi connectivity index (χ0n) is 12.9. The van der Waals surface area contributed by atoms with Gasteiger partial charge in [-0.15, -0.1) is 0 Å². The second kappa shape index (κ2) is 6.84. The molecule has 0 bridgehead atoms. The highest BCUT2D eigenvalue weighted by Gasteiger charge is 2.17. The first-order chi connectivity index (χ1) is 12.0. The summed E-state index contributed by atoms with van der Waals surface area (Å²) in [6, 6.07) is 5.30. The Bertz CT molecular complexity index is 842. The summed E-state index contributed by atoms with van der Waals surface area (Å²) < 4.78 is 39.6. The standard InChI is InChI=1S/C17H13F3N3O2/c18-13-6-15(20)16(7-14(13)19)22-17(25)21-12-2-1-11-8-23(9-24)4-3-10(11)5-12/h1-2,5-7H,3-4,8H2,(H2,21,22,25). The topological polar surface area (TPSA) is 61.4 Å². The number of benzene rings is 2. The van der Waals surface area contributed by atoms with Crippen LogP contribution in [0.1, 0.15) is 11.1 Å². The van der Waals surface area contributed by atoms with Gasteiger partial charge in [-0.05, 0) is 29.7 Å². The van der Waals surface area contributed by atoms with Crippen LogP contribution in [0, 0.1) is 17.5 Å². The number of halogens is 3. The number of anilines is 2. The van der Waals surface area contributed by atoms with Gasteiger partial charge < -0.3 is 15.5 Å². The number of hydrogen-bond acceptors (Lipinski definition) is 2. The molecule has 1 heterocycles. The van der Waals surface area contributed by atoms with Crippen LogP contribution in [0.5, 0.6) is 0 Å². The fourth-order valence-corrected chi connectivity index (χ4v) is 2.61. The average Bonchev–Trinajstić information content (AvgIpc) is 2.59. The Balaban J connectivity index is 1.70. The molecular formula is C17H13F3N3O2. The summed E-state index contributed by atoms with van der Waals surface area (Å²) in [4.78, 5) is 24.1. The smallest absolute Gasteiger partial charge is 0.323 e. The molecule has 0 saturated heterocycles. The minimum absolute atomic E-state index is 0.361. The molecule has 5 nitrogen and oxygen atoms in total. The molecule has 1 aliphatic rings. The molecule has 0 atom stereocenters. The third-order valence-corrected chi connectivity index (χ3v) is 3.86. The number of nitrogens with zero attached hydrogens (tertiary/aromatic N) is 1. The summed E-state index contributed by atoms with van der Waals surface area (Å²) in [6.45, 7) is 0.984. The third-order valence-electron chi connectivity index (χ3n) is 3.86. The van der Waals surface area contributed by atoms with E-state index >= 15 is 0 Å². The number of fused-ring (bicyclic) bond motifs is 1. The van der Waals surface area contributed by atoms with Crippen molar-refractivity contribution in [2.45, 2.75) is 13.0 Å². The summed E-state index contributed by atoms with van der Waals surface area (Å²) in [5.41, 5.74) is 1.92. The molecule has 2 N–H and O–H groups in total. The molecule has 3 amide bonds. The second-order valence-corrected chi connectivity index (χ2v) is 5.57. The van der Waals surface area contributed by atoms with Crippen molar-refractivity contribution in [2.75, 3.05) is 17.2 Å². The van der Waals surface area contributed by atoms with Gasteiger partial charge in [-0.1, -0.05) is 6.07 Å². The van der Waals surface area contributed by atoms with Gasteiger partial charge in [0.25, 0.3) is 0 Å². The average molecular weight is 348 g/mol. The van der Waals surface area contributed by atoms with Gasteiger partial charge in [0.1, 0.15) is 5.82 Å². The van der Waals surface area contributed by atoms with Gasteiger partial charge in [-0.2, -0.15) is 0 Å².